The third-order valence-electron chi connectivity index (χ3n) is 5.15. The first-order chi connectivity index (χ1) is 11.8. The molecule has 0 unspecified atom stereocenters. The van der Waals surface area contributed by atoms with Gasteiger partial charge in [0.2, 0.25) is 11.8 Å². The van der Waals surface area contributed by atoms with Gasteiger partial charge < -0.3 is 10.1 Å². The summed E-state index contributed by atoms with van der Waals surface area (Å²) in [5, 5.41) is 5.16. The number of aromatic nitrogens is 1. The third-order valence-corrected chi connectivity index (χ3v) is 6.01. The fourth-order valence-corrected chi connectivity index (χ4v) is 4.55. The molecule has 0 bridgehead atoms. The number of rotatable bonds is 5. The average Bonchev–Trinajstić information content (AvgIpc) is 3.32. The molecule has 6 heteroatoms. The van der Waals surface area contributed by atoms with Crippen molar-refractivity contribution in [1.29, 1.82) is 0 Å². The Bertz CT molecular complexity index is 692. The Morgan fingerprint density at radius 3 is 3.12 bits per heavy atom. The lowest BCUT2D eigenvalue weighted by Gasteiger charge is -2.28. The van der Waals surface area contributed by atoms with Crippen LogP contribution in [0.2, 0.25) is 0 Å². The molecule has 1 amide bonds. The molecule has 4 heterocycles. The lowest BCUT2D eigenvalue weighted by Crippen LogP contribution is -2.40. The van der Waals surface area contributed by atoms with Crippen molar-refractivity contribution in [3.63, 3.8) is 0 Å². The number of hydrogen-bond acceptors (Lipinski definition) is 5. The van der Waals surface area contributed by atoms with Gasteiger partial charge in [-0.25, -0.2) is 4.98 Å². The van der Waals surface area contributed by atoms with E-state index in [2.05, 4.69) is 32.7 Å². The Kier molecular flexibility index (Phi) is 4.24. The topological polar surface area (TPSA) is 54.5 Å². The highest BCUT2D eigenvalue weighted by Gasteiger charge is 2.54. The van der Waals surface area contributed by atoms with Crippen LogP contribution in [0.5, 0.6) is 5.88 Å². The highest BCUT2D eigenvalue weighted by atomic mass is 32.1. The average molecular weight is 343 g/mol. The maximum atomic E-state index is 12.6. The summed E-state index contributed by atoms with van der Waals surface area (Å²) in [5.74, 6) is 1.01. The molecule has 1 spiro atoms. The Hall–Kier alpha value is -1.92. The fourth-order valence-electron chi connectivity index (χ4n) is 3.80. The van der Waals surface area contributed by atoms with Crippen molar-refractivity contribution in [1.82, 2.24) is 15.2 Å². The largest absolute Gasteiger partial charge is 0.477 e. The molecule has 2 aliphatic rings. The van der Waals surface area contributed by atoms with Gasteiger partial charge in [0.05, 0.1) is 12.0 Å². The number of carbonyl (C=O) groups excluding carboxylic acids is 1. The summed E-state index contributed by atoms with van der Waals surface area (Å²) in [6, 6.07) is 9.88. The van der Waals surface area contributed by atoms with Crippen LogP contribution in [-0.4, -0.2) is 42.0 Å². The van der Waals surface area contributed by atoms with Crippen LogP contribution < -0.4 is 10.1 Å². The maximum Gasteiger partial charge on any atom is 0.228 e. The van der Waals surface area contributed by atoms with Gasteiger partial charge in [-0.15, -0.1) is 11.3 Å². The van der Waals surface area contributed by atoms with E-state index in [4.69, 9.17) is 4.74 Å². The van der Waals surface area contributed by atoms with E-state index in [0.717, 1.165) is 26.1 Å². The molecule has 4 rings (SSSR count). The molecule has 2 atom stereocenters. The first-order valence-corrected chi connectivity index (χ1v) is 9.21. The van der Waals surface area contributed by atoms with E-state index in [-0.39, 0.29) is 17.2 Å². The van der Waals surface area contributed by atoms with E-state index in [1.165, 1.54) is 4.88 Å². The van der Waals surface area contributed by atoms with Crippen molar-refractivity contribution in [2.45, 2.75) is 13.0 Å². The van der Waals surface area contributed by atoms with Gasteiger partial charge in [0.25, 0.3) is 0 Å². The zero-order chi connectivity index (χ0) is 16.4. The Morgan fingerprint density at radius 1 is 1.38 bits per heavy atom. The van der Waals surface area contributed by atoms with Crippen molar-refractivity contribution in [3.8, 4) is 5.88 Å². The molecule has 24 heavy (non-hydrogen) atoms. The summed E-state index contributed by atoms with van der Waals surface area (Å²) in [5.41, 5.74) is -0.313. The number of nitrogens with one attached hydrogen (secondary N) is 1. The minimum absolute atomic E-state index is 0.186. The Morgan fingerprint density at radius 2 is 2.33 bits per heavy atom. The molecule has 126 valence electrons. The molecule has 2 aromatic heterocycles. The third kappa shape index (κ3) is 2.91. The lowest BCUT2D eigenvalue weighted by atomic mass is 9.77. The van der Waals surface area contributed by atoms with Gasteiger partial charge >= 0.3 is 0 Å². The molecule has 0 aliphatic carbocycles. The van der Waals surface area contributed by atoms with Crippen LogP contribution in [0.1, 0.15) is 11.3 Å². The summed E-state index contributed by atoms with van der Waals surface area (Å²) in [7, 11) is 0. The van der Waals surface area contributed by atoms with Crippen molar-refractivity contribution in [3.05, 3.63) is 46.8 Å². The second kappa shape index (κ2) is 6.53. The quantitative estimate of drug-likeness (QED) is 0.904. The van der Waals surface area contributed by atoms with Crippen LogP contribution >= 0.6 is 11.3 Å². The minimum atomic E-state index is -0.313. The van der Waals surface area contributed by atoms with Crippen molar-refractivity contribution in [2.24, 2.45) is 11.3 Å². The number of thiophene rings is 1. The highest BCUT2D eigenvalue weighted by molar-refractivity contribution is 7.09. The first-order valence-electron chi connectivity index (χ1n) is 8.33. The monoisotopic (exact) mass is 343 g/mol. The van der Waals surface area contributed by atoms with Gasteiger partial charge in [0, 0.05) is 42.7 Å². The van der Waals surface area contributed by atoms with Crippen LogP contribution in [-0.2, 0) is 11.3 Å². The number of amides is 1. The van der Waals surface area contributed by atoms with Crippen LogP contribution in [0.3, 0.4) is 0 Å². The molecular formula is C18H21N3O2S. The molecule has 1 N–H and O–H groups in total. The molecular weight excluding hydrogens is 322 g/mol. The number of hydrogen-bond donors (Lipinski definition) is 1. The first kappa shape index (κ1) is 15.6. The predicted molar refractivity (Wildman–Crippen MR) is 92.9 cm³/mol. The molecule has 0 saturated carbocycles. The van der Waals surface area contributed by atoms with Crippen LogP contribution in [0.4, 0.5) is 0 Å². The van der Waals surface area contributed by atoms with Crippen molar-refractivity contribution < 1.29 is 9.53 Å². The normalized spacial score (nSPS) is 26.8. The van der Waals surface area contributed by atoms with Gasteiger partial charge in [-0.1, -0.05) is 12.1 Å². The van der Waals surface area contributed by atoms with Gasteiger partial charge in [0.15, 0.2) is 0 Å². The smallest absolute Gasteiger partial charge is 0.228 e. The van der Waals surface area contributed by atoms with Gasteiger partial charge in [-0.05, 0) is 30.5 Å². The van der Waals surface area contributed by atoms with E-state index < -0.39 is 0 Å². The number of nitrogens with zero attached hydrogens (tertiary/aromatic N) is 2. The molecule has 5 nitrogen and oxygen atoms in total. The van der Waals surface area contributed by atoms with Gasteiger partial charge in [0.1, 0.15) is 0 Å². The van der Waals surface area contributed by atoms with Gasteiger partial charge in [-0.2, -0.15) is 0 Å². The van der Waals surface area contributed by atoms with Crippen molar-refractivity contribution in [2.75, 3.05) is 26.2 Å². The number of carbonyl (C=O) groups is 1. The van der Waals surface area contributed by atoms with E-state index in [1.54, 1.807) is 17.5 Å². The van der Waals surface area contributed by atoms with E-state index in [0.29, 0.717) is 19.0 Å². The second-order valence-electron chi connectivity index (χ2n) is 6.58. The van der Waals surface area contributed by atoms with Crippen LogP contribution in [0, 0.1) is 11.3 Å². The molecule has 2 aliphatic heterocycles. The summed E-state index contributed by atoms with van der Waals surface area (Å²) in [6.45, 7) is 3.93. The summed E-state index contributed by atoms with van der Waals surface area (Å²) in [6.07, 6.45) is 2.63. The number of ether oxygens (including phenoxy) is 1. The maximum absolute atomic E-state index is 12.6. The van der Waals surface area contributed by atoms with E-state index in [1.807, 2.05) is 18.2 Å². The second-order valence-corrected chi connectivity index (χ2v) is 7.61. The summed E-state index contributed by atoms with van der Waals surface area (Å²) < 4.78 is 5.85. The number of pyridine rings is 1. The Labute approximate surface area is 145 Å². The van der Waals surface area contributed by atoms with E-state index in [9.17, 15) is 4.79 Å². The number of likely N-dealkylation sites (tertiary alicyclic amines) is 1. The zero-order valence-electron chi connectivity index (χ0n) is 13.5. The zero-order valence-corrected chi connectivity index (χ0v) is 14.3. The molecule has 0 radical (unpaired) electrons. The molecule has 2 aromatic rings. The Balaban J connectivity index is 1.43. The summed E-state index contributed by atoms with van der Waals surface area (Å²) >= 11 is 1.77. The van der Waals surface area contributed by atoms with Crippen LogP contribution in [0.25, 0.3) is 0 Å². The minimum Gasteiger partial charge on any atom is -0.477 e. The summed E-state index contributed by atoms with van der Waals surface area (Å²) in [4.78, 5) is 20.5. The van der Waals surface area contributed by atoms with Crippen molar-refractivity contribution >= 4 is 17.2 Å². The fraction of sp³-hybridized carbons (Fsp3) is 0.444. The van der Waals surface area contributed by atoms with Crippen LogP contribution in [0.15, 0.2) is 41.9 Å². The molecule has 2 fully saturated rings. The standard InChI is InChI=1S/C18H21N3O2S/c22-17-18(6-8-21(13-18)11-15-4-3-9-24-15)14(10-20-17)12-23-16-5-1-2-7-19-16/h1-5,7,9,14H,6,8,10-13H2,(H,20,22)/t14-,18+/m0/s1. The SMILES string of the molecule is O=C1NC[C@@H](COc2ccccn2)[C@]12CCN(Cc1cccs1)C2. The predicted octanol–water partition coefficient (Wildman–Crippen LogP) is 2.16. The lowest BCUT2D eigenvalue weighted by molar-refractivity contribution is -0.128. The highest BCUT2D eigenvalue weighted by Crippen LogP contribution is 2.42. The molecule has 0 aromatic carbocycles. The molecule has 2 saturated heterocycles. The van der Waals surface area contributed by atoms with Gasteiger partial charge in [-0.3, -0.25) is 9.69 Å². The van der Waals surface area contributed by atoms with E-state index >= 15 is 0 Å².